The number of carboxylic acids is 1. The van der Waals surface area contributed by atoms with Crippen molar-refractivity contribution in [2.24, 2.45) is 17.8 Å². The van der Waals surface area contributed by atoms with Crippen LogP contribution in [0.2, 0.25) is 0 Å². The van der Waals surface area contributed by atoms with Gasteiger partial charge in [-0.3, -0.25) is 0 Å². The quantitative estimate of drug-likeness (QED) is 0.479. The molecule has 0 aliphatic heterocycles. The van der Waals surface area contributed by atoms with Crippen molar-refractivity contribution in [2.45, 2.75) is 47.0 Å². The summed E-state index contributed by atoms with van der Waals surface area (Å²) < 4.78 is 0. The average Bonchev–Trinajstić information content (AvgIpc) is 2.24. The number of carbonyl (C=O) groups excluding carboxylic acids is 2. The summed E-state index contributed by atoms with van der Waals surface area (Å²) in [5, 5.41) is 20.3. The first-order valence-electron chi connectivity index (χ1n) is 6.09. The second-order valence-electron chi connectivity index (χ2n) is 4.77. The average molecular weight is 244 g/mol. The summed E-state index contributed by atoms with van der Waals surface area (Å²) in [7, 11) is 0. The Kier molecular flexibility index (Phi) is 12.6. The highest BCUT2D eigenvalue weighted by atomic mass is 16.4. The molecule has 4 heteroatoms. The number of hydrogen-bond donors (Lipinski definition) is 0. The summed E-state index contributed by atoms with van der Waals surface area (Å²) in [6.45, 7) is 8.30. The summed E-state index contributed by atoms with van der Waals surface area (Å²) in [6.07, 6.45) is 1.70. The lowest BCUT2D eigenvalue weighted by Gasteiger charge is -2.19. The minimum atomic E-state index is -1.31. The smallest absolute Gasteiger partial charge is 0.119 e. The van der Waals surface area contributed by atoms with Crippen molar-refractivity contribution in [1.82, 2.24) is 0 Å². The molecule has 0 fully saturated rings. The van der Waals surface area contributed by atoms with Gasteiger partial charge in [0.25, 0.3) is 0 Å². The molecule has 17 heavy (non-hydrogen) atoms. The summed E-state index contributed by atoms with van der Waals surface area (Å²) in [5.74, 6) is -0.546. The van der Waals surface area contributed by atoms with Crippen molar-refractivity contribution in [3.63, 3.8) is 0 Å². The van der Waals surface area contributed by atoms with Gasteiger partial charge in [0.05, 0.1) is 0 Å². The normalized spacial score (nSPS) is 11.9. The molecule has 1 atom stereocenters. The van der Waals surface area contributed by atoms with Crippen LogP contribution in [0.3, 0.4) is 0 Å². The van der Waals surface area contributed by atoms with Gasteiger partial charge in [-0.05, 0) is 30.6 Å². The molecule has 0 bridgehead atoms. The minimum Gasteiger partial charge on any atom is -0.854 e. The van der Waals surface area contributed by atoms with E-state index in [9.17, 15) is 19.8 Å². The van der Waals surface area contributed by atoms with E-state index in [1.54, 1.807) is 0 Å². The van der Waals surface area contributed by atoms with E-state index in [2.05, 4.69) is 27.7 Å². The second-order valence-corrected chi connectivity index (χ2v) is 4.77. The van der Waals surface area contributed by atoms with Crippen LogP contribution in [0.15, 0.2) is 0 Å². The fourth-order valence-corrected chi connectivity index (χ4v) is 0.717. The third-order valence-electron chi connectivity index (χ3n) is 2.74. The highest BCUT2D eigenvalue weighted by Crippen LogP contribution is 2.05. The van der Waals surface area contributed by atoms with Crippen LogP contribution in [0.25, 0.3) is 0 Å². The highest BCUT2D eigenvalue weighted by molar-refractivity contribution is 5.67. The molecule has 0 heterocycles. The van der Waals surface area contributed by atoms with Gasteiger partial charge in [-0.15, -0.1) is 6.61 Å². The second kappa shape index (κ2) is 11.6. The summed E-state index contributed by atoms with van der Waals surface area (Å²) in [5.41, 5.74) is 0. The first-order valence-corrected chi connectivity index (χ1v) is 6.09. The van der Waals surface area contributed by atoms with Crippen molar-refractivity contribution in [1.29, 1.82) is 0 Å². The fourth-order valence-electron chi connectivity index (χ4n) is 0.717. The van der Waals surface area contributed by atoms with Gasteiger partial charge in [-0.1, -0.05) is 27.7 Å². The van der Waals surface area contributed by atoms with Crippen LogP contribution < -0.4 is 10.2 Å². The van der Waals surface area contributed by atoms with Crippen LogP contribution in [0, 0.1) is 17.8 Å². The number of aldehydes is 1. The standard InChI is InChI=1S/C7H11O4.C6H14/c8-4-2-1-3-6(5-9)7(10)11;1-5(2)6(3)4/h4,6H,1-3,5H2,(H,10,11);5-6H,1-4H3/q-1;/p-1. The van der Waals surface area contributed by atoms with Crippen LogP contribution in [0.4, 0.5) is 0 Å². The van der Waals surface area contributed by atoms with Gasteiger partial charge >= 0.3 is 0 Å². The van der Waals surface area contributed by atoms with Gasteiger partial charge in [0.2, 0.25) is 0 Å². The zero-order valence-corrected chi connectivity index (χ0v) is 11.3. The molecule has 4 nitrogen and oxygen atoms in total. The lowest BCUT2D eigenvalue weighted by Crippen LogP contribution is -2.37. The first-order chi connectivity index (χ1) is 7.86. The lowest BCUT2D eigenvalue weighted by molar-refractivity contribution is -0.387. The van der Waals surface area contributed by atoms with Gasteiger partial charge in [-0.2, -0.15) is 0 Å². The van der Waals surface area contributed by atoms with Gasteiger partial charge < -0.3 is 19.8 Å². The molecule has 0 saturated carbocycles. The molecule has 0 aliphatic rings. The maximum absolute atomic E-state index is 10.2. The molecule has 0 N–H and O–H groups in total. The van der Waals surface area contributed by atoms with Gasteiger partial charge in [-0.25, -0.2) is 0 Å². The Hall–Kier alpha value is -0.900. The molecule has 0 radical (unpaired) electrons. The molecule has 0 saturated heterocycles. The van der Waals surface area contributed by atoms with E-state index in [0.29, 0.717) is 19.1 Å². The van der Waals surface area contributed by atoms with Gasteiger partial charge in [0, 0.05) is 12.4 Å². The van der Waals surface area contributed by atoms with E-state index in [4.69, 9.17) is 0 Å². The van der Waals surface area contributed by atoms with E-state index >= 15 is 0 Å². The van der Waals surface area contributed by atoms with Crippen LogP contribution in [-0.2, 0) is 9.59 Å². The number of unbranched alkanes of at least 4 members (excludes halogenated alkanes) is 1. The predicted molar refractivity (Wildman–Crippen MR) is 63.0 cm³/mol. The lowest BCUT2D eigenvalue weighted by atomic mass is 10.0. The van der Waals surface area contributed by atoms with Crippen molar-refractivity contribution < 1.29 is 19.8 Å². The zero-order valence-electron chi connectivity index (χ0n) is 11.3. The number of carbonyl (C=O) groups is 2. The molecule has 102 valence electrons. The van der Waals surface area contributed by atoms with Crippen molar-refractivity contribution in [3.05, 3.63) is 0 Å². The van der Waals surface area contributed by atoms with Gasteiger partial charge in [0.15, 0.2) is 0 Å². The third-order valence-corrected chi connectivity index (χ3v) is 2.74. The summed E-state index contributed by atoms with van der Waals surface area (Å²) in [4.78, 5) is 19.9. The molecule has 0 rings (SSSR count). The molecule has 0 aromatic heterocycles. The Bertz CT molecular complexity index is 194. The van der Waals surface area contributed by atoms with E-state index < -0.39 is 18.5 Å². The number of hydrogen-bond acceptors (Lipinski definition) is 4. The Morgan fingerprint density at radius 3 is 1.88 bits per heavy atom. The molecule has 0 spiro atoms. The number of carboxylic acid groups (broad SMARTS) is 1. The summed E-state index contributed by atoms with van der Waals surface area (Å²) in [6, 6.07) is 0. The van der Waals surface area contributed by atoms with E-state index in [1.165, 1.54) is 0 Å². The molecule has 0 aromatic rings. The van der Waals surface area contributed by atoms with Crippen LogP contribution in [0.5, 0.6) is 0 Å². The van der Waals surface area contributed by atoms with Crippen LogP contribution in [-0.4, -0.2) is 18.9 Å². The van der Waals surface area contributed by atoms with E-state index in [0.717, 1.165) is 11.8 Å². The van der Waals surface area contributed by atoms with Gasteiger partial charge in [0.1, 0.15) is 6.29 Å². The zero-order chi connectivity index (χ0) is 13.8. The Balaban J connectivity index is 0. The molecule has 0 aromatic carbocycles. The Morgan fingerprint density at radius 1 is 1.18 bits per heavy atom. The minimum absolute atomic E-state index is 0.241. The topological polar surface area (TPSA) is 80.3 Å². The Labute approximate surface area is 104 Å². The van der Waals surface area contributed by atoms with E-state index in [-0.39, 0.29) is 6.42 Å². The SMILES string of the molecule is CC(C)C(C)C.O=CCCCC(C[O-])C(=O)[O-]. The predicted octanol–water partition coefficient (Wildman–Crippen LogP) is 0.380. The molecular formula is C13H24O4-2. The van der Waals surface area contributed by atoms with Crippen LogP contribution >= 0.6 is 0 Å². The Morgan fingerprint density at radius 2 is 1.65 bits per heavy atom. The fraction of sp³-hybridized carbons (Fsp3) is 0.846. The number of aliphatic carboxylic acids is 1. The summed E-state index contributed by atoms with van der Waals surface area (Å²) >= 11 is 0. The maximum Gasteiger partial charge on any atom is 0.119 e. The van der Waals surface area contributed by atoms with Crippen LogP contribution in [0.1, 0.15) is 47.0 Å². The van der Waals surface area contributed by atoms with Crippen molar-refractivity contribution >= 4 is 12.3 Å². The third kappa shape index (κ3) is 13.0. The van der Waals surface area contributed by atoms with Crippen molar-refractivity contribution in [3.8, 4) is 0 Å². The van der Waals surface area contributed by atoms with Crippen molar-refractivity contribution in [2.75, 3.05) is 6.61 Å². The number of rotatable bonds is 7. The molecule has 0 amide bonds. The largest absolute Gasteiger partial charge is 0.854 e. The molecule has 1 unspecified atom stereocenters. The maximum atomic E-state index is 10.2. The first kappa shape index (κ1) is 18.5. The molecular weight excluding hydrogens is 220 g/mol. The molecule has 0 aliphatic carbocycles. The van der Waals surface area contributed by atoms with E-state index in [1.807, 2.05) is 0 Å². The highest BCUT2D eigenvalue weighted by Gasteiger charge is 2.02. The monoisotopic (exact) mass is 244 g/mol.